The summed E-state index contributed by atoms with van der Waals surface area (Å²) in [6.45, 7) is 0. The smallest absolute Gasteiger partial charge is 0.411 e. The van der Waals surface area contributed by atoms with Gasteiger partial charge in [0.15, 0.2) is 0 Å². The summed E-state index contributed by atoms with van der Waals surface area (Å²) in [4.78, 5) is 13.2. The quantitative estimate of drug-likeness (QED) is 0.707. The lowest BCUT2D eigenvalue weighted by atomic mass is 10.1. The van der Waals surface area contributed by atoms with Gasteiger partial charge in [0.1, 0.15) is 10.7 Å². The largest absolute Gasteiger partial charge is 0.508 e. The molecule has 0 radical (unpaired) electrons. The van der Waals surface area contributed by atoms with E-state index in [0.29, 0.717) is 5.56 Å². The van der Waals surface area contributed by atoms with Gasteiger partial charge in [0.2, 0.25) is 5.39 Å². The van der Waals surface area contributed by atoms with E-state index < -0.39 is 12.0 Å². The van der Waals surface area contributed by atoms with Crippen LogP contribution in [0.2, 0.25) is 0 Å². The van der Waals surface area contributed by atoms with Crippen molar-refractivity contribution >= 4 is 5.97 Å². The lowest BCUT2D eigenvalue weighted by Crippen LogP contribution is -2.18. The summed E-state index contributed by atoms with van der Waals surface area (Å²) in [5.41, 5.74) is 0.688. The molecule has 1 atom stereocenters. The second kappa shape index (κ2) is 4.23. The van der Waals surface area contributed by atoms with Crippen LogP contribution in [0.4, 0.5) is 0 Å². The lowest BCUT2D eigenvalue weighted by Gasteiger charge is -1.97. The number of rotatable bonds is 3. The van der Waals surface area contributed by atoms with Gasteiger partial charge in [-0.2, -0.15) is 0 Å². The number of carbonyl (C=O) groups is 1. The summed E-state index contributed by atoms with van der Waals surface area (Å²) >= 11 is 0. The molecule has 0 saturated heterocycles. The number of hydrogen-bond donors (Lipinski definition) is 2. The molecule has 0 amide bonds. The fourth-order valence-electron chi connectivity index (χ4n) is 1.03. The summed E-state index contributed by atoms with van der Waals surface area (Å²) in [6.07, 6.45) is 0.103. The van der Waals surface area contributed by atoms with Crippen LogP contribution in [0.5, 0.6) is 5.75 Å². The number of phenols is 1. The van der Waals surface area contributed by atoms with E-state index in [1.807, 2.05) is 0 Å². The van der Waals surface area contributed by atoms with Gasteiger partial charge in [-0.1, -0.05) is 12.1 Å². The molecule has 72 valence electrons. The first-order chi connectivity index (χ1) is 6.63. The van der Waals surface area contributed by atoms with Crippen LogP contribution in [0.25, 0.3) is 4.98 Å². The predicted octanol–water partition coefficient (Wildman–Crippen LogP) is 1.24. The van der Waals surface area contributed by atoms with Gasteiger partial charge in [-0.3, -0.25) is 0 Å². The number of hydrogen-bond acceptors (Lipinski definition) is 3. The Morgan fingerprint density at radius 1 is 1.43 bits per heavy atom. The number of carboxylic acid groups (broad SMARTS) is 1. The van der Waals surface area contributed by atoms with Crippen molar-refractivity contribution < 1.29 is 15.0 Å². The summed E-state index contributed by atoms with van der Waals surface area (Å²) in [5, 5.41) is 26.0. The molecule has 5 nitrogen and oxygen atoms in total. The number of carboxylic acids is 1. The highest BCUT2D eigenvalue weighted by atomic mass is 16.4. The first-order valence-electron chi connectivity index (χ1n) is 3.98. The summed E-state index contributed by atoms with van der Waals surface area (Å²) in [6, 6.07) is 4.91. The Bertz CT molecular complexity index is 367. The topological polar surface area (TPSA) is 85.7 Å². The molecule has 0 spiro atoms. The fraction of sp³-hybridized carbons (Fsp3) is 0.222. The van der Waals surface area contributed by atoms with Gasteiger partial charge in [0.25, 0.3) is 0 Å². The second-order valence-electron chi connectivity index (χ2n) is 2.84. The van der Waals surface area contributed by atoms with Gasteiger partial charge < -0.3 is 10.2 Å². The van der Waals surface area contributed by atoms with Crippen molar-refractivity contribution in [3.8, 4) is 5.75 Å². The molecule has 0 aliphatic rings. The Balaban J connectivity index is 2.74. The van der Waals surface area contributed by atoms with Crippen molar-refractivity contribution in [2.24, 2.45) is 0 Å². The first-order valence-corrected chi connectivity index (χ1v) is 3.98. The standard InChI is InChI=1S/C9H8N2O3/c10-11-8(9(13)14)5-6-1-3-7(12)4-2-6/h1-4,8H,5H2,(H-,12,13,14)/p+1/t8-/m0/s1. The van der Waals surface area contributed by atoms with E-state index in [0.717, 1.165) is 0 Å². The number of phenolic OH excluding ortho intramolecular Hbond substituents is 1. The van der Waals surface area contributed by atoms with Crippen molar-refractivity contribution in [1.29, 1.82) is 5.39 Å². The molecule has 2 N–H and O–H groups in total. The normalized spacial score (nSPS) is 11.6. The van der Waals surface area contributed by atoms with Crippen molar-refractivity contribution in [1.82, 2.24) is 0 Å². The Morgan fingerprint density at radius 2 is 2.00 bits per heavy atom. The molecule has 0 aliphatic carbocycles. The molecular formula is C9H9N2O3+. The monoisotopic (exact) mass is 193 g/mol. The third-order valence-electron chi connectivity index (χ3n) is 1.79. The van der Waals surface area contributed by atoms with Crippen LogP contribution in [0.1, 0.15) is 5.56 Å². The van der Waals surface area contributed by atoms with Gasteiger partial charge in [0, 0.05) is 0 Å². The Kier molecular flexibility index (Phi) is 3.02. The van der Waals surface area contributed by atoms with Crippen molar-refractivity contribution in [2.75, 3.05) is 0 Å². The van der Waals surface area contributed by atoms with E-state index in [2.05, 4.69) is 4.98 Å². The van der Waals surface area contributed by atoms with Crippen LogP contribution in [-0.2, 0) is 11.2 Å². The first kappa shape index (κ1) is 9.99. The minimum atomic E-state index is -1.18. The van der Waals surface area contributed by atoms with Crippen LogP contribution in [-0.4, -0.2) is 22.2 Å². The Morgan fingerprint density at radius 3 is 2.43 bits per heavy atom. The van der Waals surface area contributed by atoms with E-state index in [9.17, 15) is 4.79 Å². The molecule has 0 fully saturated rings. The number of aromatic hydroxyl groups is 1. The molecule has 0 aromatic heterocycles. The third kappa shape index (κ3) is 2.45. The van der Waals surface area contributed by atoms with Gasteiger partial charge in [-0.05, 0) is 17.7 Å². The van der Waals surface area contributed by atoms with E-state index in [-0.39, 0.29) is 12.2 Å². The highest BCUT2D eigenvalue weighted by molar-refractivity contribution is 5.75. The van der Waals surface area contributed by atoms with Crippen LogP contribution in [0.3, 0.4) is 0 Å². The molecule has 0 bridgehead atoms. The zero-order chi connectivity index (χ0) is 10.6. The maximum absolute atomic E-state index is 10.5. The summed E-state index contributed by atoms with van der Waals surface area (Å²) < 4.78 is 0. The molecule has 5 heteroatoms. The molecule has 1 aromatic rings. The van der Waals surface area contributed by atoms with E-state index in [1.54, 1.807) is 12.1 Å². The zero-order valence-electron chi connectivity index (χ0n) is 7.29. The average molecular weight is 193 g/mol. The molecule has 14 heavy (non-hydrogen) atoms. The summed E-state index contributed by atoms with van der Waals surface area (Å²) in [7, 11) is 0. The average Bonchev–Trinajstić information content (AvgIpc) is 2.16. The highest BCUT2D eigenvalue weighted by Crippen LogP contribution is 2.12. The minimum Gasteiger partial charge on any atom is -0.508 e. The maximum Gasteiger partial charge on any atom is 0.411 e. The molecule has 1 aromatic carbocycles. The van der Waals surface area contributed by atoms with Gasteiger partial charge in [-0.25, -0.2) is 4.79 Å². The number of diazo groups is 1. The predicted molar refractivity (Wildman–Crippen MR) is 48.3 cm³/mol. The lowest BCUT2D eigenvalue weighted by molar-refractivity contribution is -0.137. The molecule has 0 unspecified atom stereocenters. The number of benzene rings is 1. The van der Waals surface area contributed by atoms with Crippen LogP contribution >= 0.6 is 0 Å². The van der Waals surface area contributed by atoms with E-state index >= 15 is 0 Å². The Hall–Kier alpha value is -2.09. The zero-order valence-corrected chi connectivity index (χ0v) is 7.29. The van der Waals surface area contributed by atoms with Gasteiger partial charge >= 0.3 is 12.0 Å². The van der Waals surface area contributed by atoms with Gasteiger partial charge in [-0.15, -0.1) is 0 Å². The second-order valence-corrected chi connectivity index (χ2v) is 2.84. The minimum absolute atomic E-state index is 0.103. The molecule has 0 saturated carbocycles. The molecular weight excluding hydrogens is 184 g/mol. The van der Waals surface area contributed by atoms with Crippen LogP contribution in [0.15, 0.2) is 24.3 Å². The van der Waals surface area contributed by atoms with Crippen molar-refractivity contribution in [3.05, 3.63) is 34.8 Å². The third-order valence-corrected chi connectivity index (χ3v) is 1.79. The van der Waals surface area contributed by atoms with E-state index in [1.165, 1.54) is 12.1 Å². The molecule has 1 rings (SSSR count). The number of nitrogens with zero attached hydrogens (tertiary/aromatic N) is 2. The SMILES string of the molecule is N#[N+][C@@H](Cc1ccc(O)cc1)C(=O)O. The van der Waals surface area contributed by atoms with E-state index in [4.69, 9.17) is 15.6 Å². The maximum atomic E-state index is 10.5. The highest BCUT2D eigenvalue weighted by Gasteiger charge is 2.29. The van der Waals surface area contributed by atoms with Crippen molar-refractivity contribution in [3.63, 3.8) is 0 Å². The summed E-state index contributed by atoms with van der Waals surface area (Å²) in [5.74, 6) is -1.07. The van der Waals surface area contributed by atoms with Crippen molar-refractivity contribution in [2.45, 2.75) is 12.5 Å². The van der Waals surface area contributed by atoms with Crippen LogP contribution in [0, 0.1) is 5.39 Å². The molecule has 0 aliphatic heterocycles. The van der Waals surface area contributed by atoms with Gasteiger partial charge in [0.05, 0.1) is 6.42 Å². The molecule has 0 heterocycles. The fourth-order valence-corrected chi connectivity index (χ4v) is 1.03. The number of aliphatic carboxylic acids is 1. The van der Waals surface area contributed by atoms with Crippen LogP contribution < -0.4 is 0 Å². The Labute approximate surface area is 80.2 Å².